The summed E-state index contributed by atoms with van der Waals surface area (Å²) in [6, 6.07) is 4.41. The maximum Gasteiger partial charge on any atom is 0.173 e. The Hall–Kier alpha value is -1.07. The van der Waals surface area contributed by atoms with E-state index in [9.17, 15) is 0 Å². The van der Waals surface area contributed by atoms with E-state index >= 15 is 0 Å². The van der Waals surface area contributed by atoms with Gasteiger partial charge in [0, 0.05) is 30.5 Å². The minimum Gasteiger partial charge on any atom is -0.457 e. The van der Waals surface area contributed by atoms with Gasteiger partial charge < -0.3 is 9.73 Å². The lowest BCUT2D eigenvalue weighted by Crippen LogP contribution is -2.23. The minimum absolute atomic E-state index is 0.308. The normalized spacial score (nSPS) is 12.8. The molecule has 0 aliphatic rings. The lowest BCUT2D eigenvalue weighted by Gasteiger charge is -2.17. The van der Waals surface area contributed by atoms with E-state index in [1.54, 1.807) is 6.26 Å². The first-order chi connectivity index (χ1) is 9.22. The monoisotopic (exact) mass is 325 g/mol. The molecule has 104 valence electrons. The van der Waals surface area contributed by atoms with Gasteiger partial charge in [-0.1, -0.05) is 6.92 Å². The quantitative estimate of drug-likeness (QED) is 0.847. The Morgan fingerprint density at radius 3 is 2.89 bits per heavy atom. The first-order valence-electron chi connectivity index (χ1n) is 6.65. The number of hydrogen-bond acceptors (Lipinski definition) is 3. The van der Waals surface area contributed by atoms with Gasteiger partial charge in [0.1, 0.15) is 0 Å². The van der Waals surface area contributed by atoms with Crippen molar-refractivity contribution < 1.29 is 4.42 Å². The van der Waals surface area contributed by atoms with Crippen LogP contribution in [0.15, 0.2) is 33.7 Å². The third kappa shape index (κ3) is 3.70. The van der Waals surface area contributed by atoms with Crippen molar-refractivity contribution in [3.05, 3.63) is 40.5 Å². The van der Waals surface area contributed by atoms with Crippen molar-refractivity contribution in [3.8, 4) is 0 Å². The summed E-state index contributed by atoms with van der Waals surface area (Å²) in [5, 5.41) is 7.78. The Bertz CT molecular complexity index is 506. The first kappa shape index (κ1) is 14.3. The molecular formula is C14H20BrN3O. The summed E-state index contributed by atoms with van der Waals surface area (Å²) in [7, 11) is 1.98. The second-order valence-electron chi connectivity index (χ2n) is 4.64. The van der Waals surface area contributed by atoms with Crippen molar-refractivity contribution in [1.82, 2.24) is 15.1 Å². The van der Waals surface area contributed by atoms with Crippen molar-refractivity contribution in [1.29, 1.82) is 0 Å². The Kier molecular flexibility index (Phi) is 5.22. The SMILES string of the molecule is CCCNC(CCc1ccnn1C)c1ccoc1Br. The molecule has 1 unspecified atom stereocenters. The molecule has 0 spiro atoms. The molecule has 0 aliphatic carbocycles. The minimum atomic E-state index is 0.308. The Labute approximate surface area is 122 Å². The fraction of sp³-hybridized carbons (Fsp3) is 0.500. The summed E-state index contributed by atoms with van der Waals surface area (Å²) >= 11 is 3.47. The van der Waals surface area contributed by atoms with Crippen LogP contribution in [-0.4, -0.2) is 16.3 Å². The summed E-state index contributed by atoms with van der Waals surface area (Å²) in [6.07, 6.45) is 6.71. The van der Waals surface area contributed by atoms with Crippen LogP contribution in [0.25, 0.3) is 0 Å². The fourth-order valence-corrected chi connectivity index (χ4v) is 2.70. The molecule has 2 rings (SSSR count). The van der Waals surface area contributed by atoms with Crippen LogP contribution in [0.1, 0.15) is 37.1 Å². The molecule has 5 heteroatoms. The fourth-order valence-electron chi connectivity index (χ4n) is 2.18. The molecule has 4 nitrogen and oxygen atoms in total. The highest BCUT2D eigenvalue weighted by Crippen LogP contribution is 2.27. The van der Waals surface area contributed by atoms with Crippen LogP contribution in [0.3, 0.4) is 0 Å². The molecule has 2 aromatic rings. The zero-order valence-corrected chi connectivity index (χ0v) is 13.0. The number of hydrogen-bond donors (Lipinski definition) is 1. The van der Waals surface area contributed by atoms with Crippen molar-refractivity contribution in [3.63, 3.8) is 0 Å². The van der Waals surface area contributed by atoms with Crippen molar-refractivity contribution >= 4 is 15.9 Å². The van der Waals surface area contributed by atoms with E-state index in [4.69, 9.17) is 4.42 Å². The topological polar surface area (TPSA) is 43.0 Å². The second-order valence-corrected chi connectivity index (χ2v) is 5.36. The van der Waals surface area contributed by atoms with E-state index < -0.39 is 0 Å². The Morgan fingerprint density at radius 2 is 2.32 bits per heavy atom. The van der Waals surface area contributed by atoms with Gasteiger partial charge in [0.2, 0.25) is 0 Å². The van der Waals surface area contributed by atoms with Crippen LogP contribution in [0.4, 0.5) is 0 Å². The van der Waals surface area contributed by atoms with E-state index in [1.165, 1.54) is 11.3 Å². The average molecular weight is 326 g/mol. The molecule has 0 saturated carbocycles. The third-order valence-electron chi connectivity index (χ3n) is 3.27. The van der Waals surface area contributed by atoms with Gasteiger partial charge in [0.25, 0.3) is 0 Å². The molecule has 0 aliphatic heterocycles. The zero-order valence-electron chi connectivity index (χ0n) is 11.4. The maximum absolute atomic E-state index is 5.35. The standard InChI is InChI=1S/C14H20BrN3O/c1-3-8-16-13(12-7-10-19-14(12)15)5-4-11-6-9-17-18(11)2/h6-7,9-10,13,16H,3-5,8H2,1-2H3. The number of halogens is 1. The van der Waals surface area contributed by atoms with Crippen LogP contribution in [0, 0.1) is 0 Å². The largest absolute Gasteiger partial charge is 0.457 e. The number of aryl methyl sites for hydroxylation is 2. The number of furan rings is 1. The predicted molar refractivity (Wildman–Crippen MR) is 79.0 cm³/mol. The highest BCUT2D eigenvalue weighted by molar-refractivity contribution is 9.10. The van der Waals surface area contributed by atoms with Crippen molar-refractivity contribution in [2.75, 3.05) is 6.54 Å². The van der Waals surface area contributed by atoms with Crippen LogP contribution in [0.5, 0.6) is 0 Å². The number of nitrogens with one attached hydrogen (secondary N) is 1. The summed E-state index contributed by atoms with van der Waals surface area (Å²) in [6.45, 7) is 3.18. The molecule has 0 bridgehead atoms. The number of aromatic nitrogens is 2. The average Bonchev–Trinajstić information content (AvgIpc) is 2.99. The molecule has 0 aromatic carbocycles. The van der Waals surface area contributed by atoms with Gasteiger partial charge in [0.15, 0.2) is 4.67 Å². The smallest absolute Gasteiger partial charge is 0.173 e. The third-order valence-corrected chi connectivity index (χ3v) is 3.92. The Morgan fingerprint density at radius 1 is 1.47 bits per heavy atom. The van der Waals surface area contributed by atoms with Gasteiger partial charge in [-0.05, 0) is 53.9 Å². The second kappa shape index (κ2) is 6.91. The molecule has 0 saturated heterocycles. The molecule has 19 heavy (non-hydrogen) atoms. The van der Waals surface area contributed by atoms with Crippen LogP contribution in [-0.2, 0) is 13.5 Å². The van der Waals surface area contributed by atoms with Crippen LogP contribution < -0.4 is 5.32 Å². The maximum atomic E-state index is 5.35. The van der Waals surface area contributed by atoms with Gasteiger partial charge in [0.05, 0.1) is 6.26 Å². The van der Waals surface area contributed by atoms with Gasteiger partial charge in [-0.15, -0.1) is 0 Å². The molecule has 1 N–H and O–H groups in total. The van der Waals surface area contributed by atoms with Gasteiger partial charge in [-0.2, -0.15) is 5.10 Å². The highest BCUT2D eigenvalue weighted by atomic mass is 79.9. The molecule has 2 aromatic heterocycles. The van der Waals surface area contributed by atoms with E-state index in [0.717, 1.165) is 30.5 Å². The molecule has 0 amide bonds. The zero-order chi connectivity index (χ0) is 13.7. The lowest BCUT2D eigenvalue weighted by molar-refractivity contribution is 0.473. The molecule has 1 atom stereocenters. The van der Waals surface area contributed by atoms with Gasteiger partial charge >= 0.3 is 0 Å². The molecule has 2 heterocycles. The van der Waals surface area contributed by atoms with Crippen LogP contribution >= 0.6 is 15.9 Å². The van der Waals surface area contributed by atoms with Gasteiger partial charge in [-0.25, -0.2) is 0 Å². The van der Waals surface area contributed by atoms with Crippen LogP contribution in [0.2, 0.25) is 0 Å². The Balaban J connectivity index is 2.02. The summed E-state index contributed by atoms with van der Waals surface area (Å²) < 4.78 is 8.10. The highest BCUT2D eigenvalue weighted by Gasteiger charge is 2.16. The van der Waals surface area contributed by atoms with E-state index in [0.29, 0.717) is 6.04 Å². The van der Waals surface area contributed by atoms with E-state index in [2.05, 4.69) is 39.3 Å². The molecular weight excluding hydrogens is 306 g/mol. The van der Waals surface area contributed by atoms with Crippen molar-refractivity contribution in [2.24, 2.45) is 7.05 Å². The van der Waals surface area contributed by atoms with E-state index in [-0.39, 0.29) is 0 Å². The summed E-state index contributed by atoms with van der Waals surface area (Å²) in [5.74, 6) is 0. The predicted octanol–water partition coefficient (Wildman–Crippen LogP) is 3.45. The lowest BCUT2D eigenvalue weighted by atomic mass is 10.0. The summed E-state index contributed by atoms with van der Waals surface area (Å²) in [4.78, 5) is 0. The van der Waals surface area contributed by atoms with E-state index in [1.807, 2.05) is 24.0 Å². The molecule has 0 fully saturated rings. The number of rotatable bonds is 7. The first-order valence-corrected chi connectivity index (χ1v) is 7.44. The summed E-state index contributed by atoms with van der Waals surface area (Å²) in [5.41, 5.74) is 2.44. The van der Waals surface area contributed by atoms with Gasteiger partial charge in [-0.3, -0.25) is 4.68 Å². The number of nitrogens with zero attached hydrogens (tertiary/aromatic N) is 2. The van der Waals surface area contributed by atoms with Crippen molar-refractivity contribution in [2.45, 2.75) is 32.2 Å². The molecule has 0 radical (unpaired) electrons.